The van der Waals surface area contributed by atoms with Crippen LogP contribution in [0.2, 0.25) is 0 Å². The van der Waals surface area contributed by atoms with Crippen LogP contribution in [-0.2, 0) is 16.0 Å². The first-order valence-corrected chi connectivity index (χ1v) is 6.91. The summed E-state index contributed by atoms with van der Waals surface area (Å²) in [6.07, 6.45) is 1.47. The highest BCUT2D eigenvalue weighted by molar-refractivity contribution is 5.80. The molecule has 1 atom stereocenters. The van der Waals surface area contributed by atoms with E-state index in [1.165, 1.54) is 0 Å². The second kappa shape index (κ2) is 8.19. The zero-order valence-electron chi connectivity index (χ0n) is 12.1. The minimum Gasteiger partial charge on any atom is -0.399 e. The lowest BCUT2D eigenvalue weighted by atomic mass is 10.1. The molecule has 0 saturated carbocycles. The van der Waals surface area contributed by atoms with Crippen LogP contribution in [0.15, 0.2) is 24.3 Å². The van der Waals surface area contributed by atoms with Gasteiger partial charge in [0, 0.05) is 24.7 Å². The fourth-order valence-corrected chi connectivity index (χ4v) is 1.72. The van der Waals surface area contributed by atoms with Gasteiger partial charge in [-0.15, -0.1) is 0 Å². The summed E-state index contributed by atoms with van der Waals surface area (Å²) in [6, 6.07) is 7.39. The zero-order chi connectivity index (χ0) is 15.0. The van der Waals surface area contributed by atoms with Crippen LogP contribution in [0.1, 0.15) is 32.3 Å². The molecule has 0 spiro atoms. The molecular formula is C15H23N3O2. The fraction of sp³-hybridized carbons (Fsp3) is 0.467. The standard InChI is InChI=1S/C15H23N3O2/c1-3-11(2)18-14(19)7-8-17-15(20)10-12-5-4-6-13(16)9-12/h4-6,9,11H,3,7-8,10,16H2,1-2H3,(H,17,20)(H,18,19). The number of hydrogen-bond donors (Lipinski definition) is 3. The van der Waals surface area contributed by atoms with Crippen LogP contribution in [0.5, 0.6) is 0 Å². The van der Waals surface area contributed by atoms with Crippen LogP contribution in [0.25, 0.3) is 0 Å². The van der Waals surface area contributed by atoms with Gasteiger partial charge in [-0.3, -0.25) is 9.59 Å². The lowest BCUT2D eigenvalue weighted by Crippen LogP contribution is -2.35. The lowest BCUT2D eigenvalue weighted by molar-refractivity contribution is -0.122. The number of benzene rings is 1. The van der Waals surface area contributed by atoms with Crippen molar-refractivity contribution in [2.45, 2.75) is 39.2 Å². The van der Waals surface area contributed by atoms with E-state index in [2.05, 4.69) is 10.6 Å². The van der Waals surface area contributed by atoms with Crippen molar-refractivity contribution in [2.75, 3.05) is 12.3 Å². The van der Waals surface area contributed by atoms with Crippen molar-refractivity contribution >= 4 is 17.5 Å². The van der Waals surface area contributed by atoms with Crippen LogP contribution in [0.3, 0.4) is 0 Å². The van der Waals surface area contributed by atoms with Crippen LogP contribution in [-0.4, -0.2) is 24.4 Å². The third kappa shape index (κ3) is 6.22. The summed E-state index contributed by atoms with van der Waals surface area (Å²) < 4.78 is 0. The smallest absolute Gasteiger partial charge is 0.224 e. The minimum atomic E-state index is -0.105. The number of nitrogens with two attached hydrogens (primary N) is 1. The van der Waals surface area contributed by atoms with Gasteiger partial charge >= 0.3 is 0 Å². The molecule has 5 nitrogen and oxygen atoms in total. The number of amides is 2. The number of carbonyl (C=O) groups excluding carboxylic acids is 2. The van der Waals surface area contributed by atoms with Gasteiger partial charge < -0.3 is 16.4 Å². The molecule has 1 aromatic carbocycles. The van der Waals surface area contributed by atoms with E-state index in [9.17, 15) is 9.59 Å². The fourth-order valence-electron chi connectivity index (χ4n) is 1.72. The Bertz CT molecular complexity index is 460. The summed E-state index contributed by atoms with van der Waals surface area (Å²) >= 11 is 0. The summed E-state index contributed by atoms with van der Waals surface area (Å²) in [6.45, 7) is 4.32. The average Bonchev–Trinajstić information content (AvgIpc) is 2.38. The molecule has 0 aliphatic heterocycles. The second-order valence-electron chi connectivity index (χ2n) is 4.90. The molecule has 5 heteroatoms. The molecule has 0 bridgehead atoms. The van der Waals surface area contributed by atoms with Gasteiger partial charge in [0.05, 0.1) is 6.42 Å². The van der Waals surface area contributed by atoms with Crippen LogP contribution >= 0.6 is 0 Å². The Morgan fingerprint density at radius 2 is 2.05 bits per heavy atom. The summed E-state index contributed by atoms with van der Waals surface area (Å²) in [7, 11) is 0. The molecular weight excluding hydrogens is 254 g/mol. The number of nitrogen functional groups attached to an aromatic ring is 1. The highest BCUT2D eigenvalue weighted by Gasteiger charge is 2.07. The van der Waals surface area contributed by atoms with E-state index in [0.29, 0.717) is 18.7 Å². The third-order valence-electron chi connectivity index (χ3n) is 3.01. The monoisotopic (exact) mass is 277 g/mol. The second-order valence-corrected chi connectivity index (χ2v) is 4.90. The molecule has 1 rings (SSSR count). The van der Waals surface area contributed by atoms with Crippen molar-refractivity contribution < 1.29 is 9.59 Å². The number of rotatable bonds is 7. The predicted octanol–water partition coefficient (Wildman–Crippen LogP) is 1.23. The van der Waals surface area contributed by atoms with Crippen molar-refractivity contribution in [1.82, 2.24) is 10.6 Å². The molecule has 0 heterocycles. The molecule has 2 amide bonds. The predicted molar refractivity (Wildman–Crippen MR) is 80.1 cm³/mol. The van der Waals surface area contributed by atoms with Gasteiger partial charge in [0.2, 0.25) is 11.8 Å². The maximum Gasteiger partial charge on any atom is 0.224 e. The zero-order valence-corrected chi connectivity index (χ0v) is 12.1. The van der Waals surface area contributed by atoms with E-state index < -0.39 is 0 Å². The molecule has 4 N–H and O–H groups in total. The highest BCUT2D eigenvalue weighted by atomic mass is 16.2. The van der Waals surface area contributed by atoms with Crippen molar-refractivity contribution in [2.24, 2.45) is 0 Å². The van der Waals surface area contributed by atoms with E-state index in [1.54, 1.807) is 12.1 Å². The molecule has 0 aromatic heterocycles. The van der Waals surface area contributed by atoms with Gasteiger partial charge in [-0.05, 0) is 31.0 Å². The first-order chi connectivity index (χ1) is 9.51. The van der Waals surface area contributed by atoms with Crippen molar-refractivity contribution in [1.29, 1.82) is 0 Å². The van der Waals surface area contributed by atoms with Crippen LogP contribution < -0.4 is 16.4 Å². The molecule has 0 aliphatic rings. The Balaban J connectivity index is 2.25. The molecule has 0 aliphatic carbocycles. The van der Waals surface area contributed by atoms with Crippen molar-refractivity contribution in [3.05, 3.63) is 29.8 Å². The average molecular weight is 277 g/mol. The Labute approximate surface area is 119 Å². The minimum absolute atomic E-state index is 0.0383. The summed E-state index contributed by atoms with van der Waals surface area (Å²) in [5.41, 5.74) is 7.16. The Kier molecular flexibility index (Phi) is 6.56. The van der Waals surface area contributed by atoms with Crippen molar-refractivity contribution in [3.8, 4) is 0 Å². The topological polar surface area (TPSA) is 84.2 Å². The van der Waals surface area contributed by atoms with Gasteiger partial charge in [-0.2, -0.15) is 0 Å². The van der Waals surface area contributed by atoms with Gasteiger partial charge in [0.15, 0.2) is 0 Å². The molecule has 1 unspecified atom stereocenters. The van der Waals surface area contributed by atoms with E-state index in [-0.39, 0.29) is 24.3 Å². The van der Waals surface area contributed by atoms with E-state index in [1.807, 2.05) is 26.0 Å². The van der Waals surface area contributed by atoms with Gasteiger partial charge in [0.25, 0.3) is 0 Å². The molecule has 20 heavy (non-hydrogen) atoms. The molecule has 0 fully saturated rings. The first kappa shape index (κ1) is 16.0. The maximum atomic E-state index is 11.7. The quantitative estimate of drug-likeness (QED) is 0.655. The summed E-state index contributed by atoms with van der Waals surface area (Å²) in [5, 5.41) is 5.59. The van der Waals surface area contributed by atoms with Gasteiger partial charge in [-0.25, -0.2) is 0 Å². The molecule has 110 valence electrons. The summed E-state index contributed by atoms with van der Waals surface area (Å²) in [5.74, 6) is -0.143. The summed E-state index contributed by atoms with van der Waals surface area (Å²) in [4.78, 5) is 23.2. The van der Waals surface area contributed by atoms with Gasteiger partial charge in [0.1, 0.15) is 0 Å². The van der Waals surface area contributed by atoms with Crippen molar-refractivity contribution in [3.63, 3.8) is 0 Å². The highest BCUT2D eigenvalue weighted by Crippen LogP contribution is 2.06. The Morgan fingerprint density at radius 3 is 2.70 bits per heavy atom. The van der Waals surface area contributed by atoms with Crippen LogP contribution in [0, 0.1) is 0 Å². The van der Waals surface area contributed by atoms with E-state index >= 15 is 0 Å². The number of nitrogens with one attached hydrogen (secondary N) is 2. The maximum absolute atomic E-state index is 11.7. The first-order valence-electron chi connectivity index (χ1n) is 6.91. The normalized spacial score (nSPS) is 11.7. The Morgan fingerprint density at radius 1 is 1.30 bits per heavy atom. The third-order valence-corrected chi connectivity index (χ3v) is 3.01. The number of hydrogen-bond acceptors (Lipinski definition) is 3. The molecule has 1 aromatic rings. The lowest BCUT2D eigenvalue weighted by Gasteiger charge is -2.11. The van der Waals surface area contributed by atoms with E-state index in [4.69, 9.17) is 5.73 Å². The molecule has 0 saturated heterocycles. The Hall–Kier alpha value is -2.04. The van der Waals surface area contributed by atoms with E-state index in [0.717, 1.165) is 12.0 Å². The molecule has 0 radical (unpaired) electrons. The van der Waals surface area contributed by atoms with Crippen LogP contribution in [0.4, 0.5) is 5.69 Å². The largest absolute Gasteiger partial charge is 0.399 e. The number of anilines is 1. The number of carbonyl (C=O) groups is 2. The van der Waals surface area contributed by atoms with Gasteiger partial charge in [-0.1, -0.05) is 19.1 Å². The SMILES string of the molecule is CCC(C)NC(=O)CCNC(=O)Cc1cccc(N)c1.